The summed E-state index contributed by atoms with van der Waals surface area (Å²) >= 11 is 0. The first-order valence-corrected chi connectivity index (χ1v) is 16.0. The summed E-state index contributed by atoms with van der Waals surface area (Å²) in [5.74, 6) is -6.78. The first kappa shape index (κ1) is 37.0. The predicted molar refractivity (Wildman–Crippen MR) is 176 cm³/mol. The Bertz CT molecular complexity index is 1620. The molecule has 2 amide bonds. The van der Waals surface area contributed by atoms with E-state index < -0.39 is 82.8 Å². The SMILES string of the molecule is CCOC(=O)OCOC(=O)N(Cc1cc(N(C)C)c2c(c1O)C(O)=C1C(=O)C3C(=O)C(C(N)=O)=C(O)C(N(C)C)C3CC1C2)CC(C)(C)C. The Kier molecular flexibility index (Phi) is 10.6. The maximum atomic E-state index is 14.2. The maximum Gasteiger partial charge on any atom is 0.511 e. The number of phenols is 1. The molecular weight excluding hydrogens is 640 g/mol. The second-order valence-corrected chi connectivity index (χ2v) is 14.2. The number of allylic oxidation sites excluding steroid dienone is 1. The molecule has 15 nitrogen and oxygen atoms in total. The highest BCUT2D eigenvalue weighted by Gasteiger charge is 2.56. The molecule has 4 unspecified atom stereocenters. The third-order valence-electron chi connectivity index (χ3n) is 9.01. The molecule has 0 heterocycles. The molecule has 0 aliphatic heterocycles. The van der Waals surface area contributed by atoms with Crippen LogP contribution in [0, 0.1) is 23.2 Å². The second-order valence-electron chi connectivity index (χ2n) is 14.2. The summed E-state index contributed by atoms with van der Waals surface area (Å²) in [6.07, 6.45) is -1.41. The van der Waals surface area contributed by atoms with Crippen molar-refractivity contribution in [3.05, 3.63) is 39.7 Å². The molecule has 1 saturated carbocycles. The van der Waals surface area contributed by atoms with Gasteiger partial charge in [-0.25, -0.2) is 9.59 Å². The number of rotatable bonds is 9. The smallest absolute Gasteiger partial charge is 0.510 e. The number of nitrogens with two attached hydrogens (primary N) is 1. The Hall–Kier alpha value is -4.79. The highest BCUT2D eigenvalue weighted by Crippen LogP contribution is 2.52. The molecule has 268 valence electrons. The van der Waals surface area contributed by atoms with Crippen LogP contribution in [0.25, 0.3) is 5.76 Å². The lowest BCUT2D eigenvalue weighted by Gasteiger charge is -2.46. The van der Waals surface area contributed by atoms with Crippen LogP contribution in [0.3, 0.4) is 0 Å². The number of aromatic hydroxyl groups is 1. The van der Waals surface area contributed by atoms with Crippen LogP contribution in [0.1, 0.15) is 50.8 Å². The number of nitrogens with zero attached hydrogens (tertiary/aromatic N) is 3. The summed E-state index contributed by atoms with van der Waals surface area (Å²) in [4.78, 5) is 69.4. The summed E-state index contributed by atoms with van der Waals surface area (Å²) in [6, 6.07) is 0.845. The van der Waals surface area contributed by atoms with Crippen LogP contribution in [0.5, 0.6) is 5.75 Å². The number of amides is 2. The lowest BCUT2D eigenvalue weighted by molar-refractivity contribution is -0.136. The number of phenolic OH excluding ortho intramolecular Hbond substituents is 1. The molecule has 1 aromatic rings. The average Bonchev–Trinajstić information content (AvgIpc) is 2.96. The number of hydrogen-bond donors (Lipinski definition) is 4. The van der Waals surface area contributed by atoms with E-state index >= 15 is 0 Å². The number of ketones is 2. The molecule has 4 atom stereocenters. The van der Waals surface area contributed by atoms with Crippen LogP contribution in [-0.4, -0.2) is 109 Å². The van der Waals surface area contributed by atoms with Crippen LogP contribution in [0.4, 0.5) is 15.3 Å². The molecule has 49 heavy (non-hydrogen) atoms. The zero-order valence-corrected chi connectivity index (χ0v) is 29.2. The number of benzene rings is 1. The van der Waals surface area contributed by atoms with Crippen LogP contribution >= 0.6 is 0 Å². The van der Waals surface area contributed by atoms with Gasteiger partial charge in [-0.05, 0) is 62.7 Å². The van der Waals surface area contributed by atoms with Crippen LogP contribution < -0.4 is 10.6 Å². The summed E-state index contributed by atoms with van der Waals surface area (Å²) in [6.45, 7) is 6.63. The molecule has 1 fully saturated rings. The predicted octanol–water partition coefficient (Wildman–Crippen LogP) is 3.03. The first-order valence-electron chi connectivity index (χ1n) is 16.0. The van der Waals surface area contributed by atoms with Gasteiger partial charge in [-0.15, -0.1) is 0 Å². The average molecular weight is 687 g/mol. The summed E-state index contributed by atoms with van der Waals surface area (Å²) in [5.41, 5.74) is 5.73. The van der Waals surface area contributed by atoms with Gasteiger partial charge in [0.15, 0.2) is 11.6 Å². The number of hydrogen-bond acceptors (Lipinski definition) is 13. The summed E-state index contributed by atoms with van der Waals surface area (Å²) in [5, 5.41) is 34.5. The van der Waals surface area contributed by atoms with Crippen molar-refractivity contribution in [2.45, 2.75) is 53.1 Å². The van der Waals surface area contributed by atoms with Crippen molar-refractivity contribution in [2.75, 3.05) is 53.0 Å². The van der Waals surface area contributed by atoms with Gasteiger partial charge < -0.3 is 45.1 Å². The first-order chi connectivity index (χ1) is 22.8. The highest BCUT2D eigenvalue weighted by atomic mass is 16.8. The Morgan fingerprint density at radius 2 is 1.65 bits per heavy atom. The van der Waals surface area contributed by atoms with E-state index in [0.717, 1.165) is 0 Å². The third kappa shape index (κ3) is 7.16. The number of aliphatic hydroxyl groups excluding tert-OH is 2. The molecule has 0 radical (unpaired) electrons. The lowest BCUT2D eigenvalue weighted by Crippen LogP contribution is -2.55. The fourth-order valence-electron chi connectivity index (χ4n) is 7.23. The van der Waals surface area contributed by atoms with Gasteiger partial charge in [0.25, 0.3) is 5.91 Å². The highest BCUT2D eigenvalue weighted by molar-refractivity contribution is 6.28. The summed E-state index contributed by atoms with van der Waals surface area (Å²) < 4.78 is 14.6. The van der Waals surface area contributed by atoms with Crippen molar-refractivity contribution in [2.24, 2.45) is 28.9 Å². The van der Waals surface area contributed by atoms with Crippen molar-refractivity contribution >= 4 is 41.2 Å². The van der Waals surface area contributed by atoms with E-state index in [1.807, 2.05) is 20.8 Å². The molecule has 1 aromatic carbocycles. The molecular formula is C34H46N4O11. The zero-order valence-electron chi connectivity index (χ0n) is 29.2. The largest absolute Gasteiger partial charge is 0.511 e. The minimum atomic E-state index is -1.38. The van der Waals surface area contributed by atoms with Crippen molar-refractivity contribution in [1.82, 2.24) is 9.80 Å². The van der Waals surface area contributed by atoms with E-state index in [0.29, 0.717) is 11.3 Å². The number of aliphatic hydroxyl groups is 2. The van der Waals surface area contributed by atoms with E-state index in [2.05, 4.69) is 4.74 Å². The van der Waals surface area contributed by atoms with Gasteiger partial charge >= 0.3 is 12.2 Å². The standard InChI is InChI=1S/C34H46N4O11/c1-9-47-33(46)49-15-48-32(45)38(14-34(2,3)4)13-17-12-20(36(5)6)18-10-16-11-19-23(28(41)21(16)27(40)22(18)26(17)39)29(42)24(31(35)44)30(43)25(19)37(7)8/h12,16,19,23,25,39-40,43H,9-11,13-15H2,1-8H3,(H2,35,44). The molecule has 4 rings (SSSR count). The van der Waals surface area contributed by atoms with Gasteiger partial charge in [-0.1, -0.05) is 20.8 Å². The number of carbonyl (C=O) groups is 5. The fourth-order valence-corrected chi connectivity index (χ4v) is 7.23. The van der Waals surface area contributed by atoms with Crippen molar-refractivity contribution in [3.8, 4) is 5.75 Å². The fraction of sp³-hybridized carbons (Fsp3) is 0.559. The minimum absolute atomic E-state index is 0.00472. The van der Waals surface area contributed by atoms with Crippen molar-refractivity contribution in [3.63, 3.8) is 0 Å². The summed E-state index contributed by atoms with van der Waals surface area (Å²) in [7, 11) is 6.87. The van der Waals surface area contributed by atoms with Crippen LogP contribution in [-0.2, 0) is 41.6 Å². The number of carbonyl (C=O) groups excluding carboxylic acids is 5. The van der Waals surface area contributed by atoms with E-state index in [4.69, 9.17) is 15.2 Å². The second kappa shape index (κ2) is 14.0. The number of Topliss-reactive ketones (excluding diaryl/α,β-unsaturated/α-hetero) is 2. The molecule has 3 aliphatic rings. The zero-order chi connectivity index (χ0) is 36.7. The van der Waals surface area contributed by atoms with Crippen LogP contribution in [0.2, 0.25) is 0 Å². The van der Waals surface area contributed by atoms with Gasteiger partial charge in [0.1, 0.15) is 22.8 Å². The molecule has 15 heteroatoms. The quantitative estimate of drug-likeness (QED) is 0.128. The topological polar surface area (TPSA) is 209 Å². The van der Waals surface area contributed by atoms with Gasteiger partial charge in [0.05, 0.1) is 30.7 Å². The Labute approximate surface area is 284 Å². The molecule has 0 spiro atoms. The number of fused-ring (bicyclic) bond motifs is 3. The maximum absolute atomic E-state index is 14.2. The van der Waals surface area contributed by atoms with E-state index in [1.165, 1.54) is 4.90 Å². The third-order valence-corrected chi connectivity index (χ3v) is 9.01. The van der Waals surface area contributed by atoms with Gasteiger partial charge in [-0.2, -0.15) is 0 Å². The molecule has 0 aromatic heterocycles. The molecule has 3 aliphatic carbocycles. The normalized spacial score (nSPS) is 21.9. The van der Waals surface area contributed by atoms with Crippen LogP contribution in [0.15, 0.2) is 23.0 Å². The Balaban J connectivity index is 1.79. The number of primary amides is 1. The van der Waals surface area contributed by atoms with Gasteiger partial charge in [0.2, 0.25) is 6.79 Å². The number of likely N-dealkylation sites (N-methyl/N-ethyl adjacent to an activating group) is 1. The number of anilines is 1. The Morgan fingerprint density at radius 3 is 2.20 bits per heavy atom. The number of ether oxygens (including phenoxy) is 3. The van der Waals surface area contributed by atoms with Crippen molar-refractivity contribution < 1.29 is 53.5 Å². The van der Waals surface area contributed by atoms with Crippen molar-refractivity contribution in [1.29, 1.82) is 0 Å². The molecule has 0 bridgehead atoms. The molecule has 0 saturated heterocycles. The minimum Gasteiger partial charge on any atom is -0.510 e. The van der Waals surface area contributed by atoms with Gasteiger partial charge in [0, 0.05) is 37.5 Å². The van der Waals surface area contributed by atoms with E-state index in [-0.39, 0.29) is 55.0 Å². The van der Waals surface area contributed by atoms with E-state index in [9.17, 15) is 39.3 Å². The van der Waals surface area contributed by atoms with Gasteiger partial charge in [-0.3, -0.25) is 19.3 Å². The monoisotopic (exact) mass is 686 g/mol. The Morgan fingerprint density at radius 1 is 1.00 bits per heavy atom. The lowest BCUT2D eigenvalue weighted by atomic mass is 9.59. The molecule has 5 N–H and O–H groups in total. The van der Waals surface area contributed by atoms with E-state index in [1.54, 1.807) is 51.0 Å².